The molecule has 16 nitrogen and oxygen atoms in total. The summed E-state index contributed by atoms with van der Waals surface area (Å²) >= 11 is 0. The first kappa shape index (κ1) is 38.6. The van der Waals surface area contributed by atoms with E-state index in [9.17, 15) is 28.8 Å². The second-order valence-electron chi connectivity index (χ2n) is 14.0. The maximum absolute atomic E-state index is 14.3. The van der Waals surface area contributed by atoms with E-state index in [0.29, 0.717) is 23.4 Å². The normalized spacial score (nSPS) is 22.2. The Morgan fingerprint density at radius 1 is 0.962 bits per heavy atom. The number of nitrogens with one attached hydrogen (secondary N) is 5. The lowest BCUT2D eigenvalue weighted by molar-refractivity contribution is -0.143. The number of hydrogen-bond acceptors (Lipinski definition) is 9. The van der Waals surface area contributed by atoms with Crippen molar-refractivity contribution in [3.8, 4) is 0 Å². The molecule has 1 saturated heterocycles. The lowest BCUT2D eigenvalue weighted by Crippen LogP contribution is -2.59. The van der Waals surface area contributed by atoms with E-state index in [4.69, 9.17) is 5.73 Å². The molecule has 3 aliphatic heterocycles. The van der Waals surface area contributed by atoms with Crippen molar-refractivity contribution in [2.24, 2.45) is 11.7 Å². The maximum atomic E-state index is 14.3. The third kappa shape index (κ3) is 9.83. The average molecular weight is 729 g/mol. The molecule has 0 radical (unpaired) electrons. The molecule has 53 heavy (non-hydrogen) atoms. The van der Waals surface area contributed by atoms with Gasteiger partial charge in [0.25, 0.3) is 0 Å². The SMILES string of the molecule is CN[C@@H](C)C(=O)N[C@H](C(=O)N1C[C@@H]2C[C@H]1C(=O)N[C@@H](Cc1ccccc1)C(=O)NC(C(N)=O)Cc1ccc(cc1)NC(=O)CCc1cn2nn1)C(C)C. The number of carbonyl (C=O) groups excluding carboxylic acids is 6. The van der Waals surface area contributed by atoms with E-state index < -0.39 is 59.9 Å². The van der Waals surface area contributed by atoms with Gasteiger partial charge in [0.05, 0.1) is 17.8 Å². The number of primary amides is 1. The highest BCUT2D eigenvalue weighted by molar-refractivity contribution is 5.96. The highest BCUT2D eigenvalue weighted by Gasteiger charge is 2.45. The Morgan fingerprint density at radius 3 is 2.34 bits per heavy atom. The fourth-order valence-electron chi connectivity index (χ4n) is 6.45. The third-order valence-corrected chi connectivity index (χ3v) is 9.71. The molecule has 16 heteroatoms. The number of fused-ring (bicyclic) bond motifs is 11. The van der Waals surface area contributed by atoms with E-state index in [0.717, 1.165) is 5.56 Å². The first-order valence-electron chi connectivity index (χ1n) is 17.8. The molecule has 1 fully saturated rings. The number of aromatic nitrogens is 3. The largest absolute Gasteiger partial charge is 0.368 e. The summed E-state index contributed by atoms with van der Waals surface area (Å²) in [6, 6.07) is 10.6. The third-order valence-electron chi connectivity index (χ3n) is 9.71. The van der Waals surface area contributed by atoms with Crippen molar-refractivity contribution in [3.05, 3.63) is 77.6 Å². The van der Waals surface area contributed by atoms with Gasteiger partial charge in [-0.05, 0) is 43.1 Å². The molecule has 0 aliphatic carbocycles. The molecule has 282 valence electrons. The van der Waals surface area contributed by atoms with Gasteiger partial charge in [-0.25, -0.2) is 4.68 Å². The van der Waals surface area contributed by atoms with E-state index in [1.54, 1.807) is 63.0 Å². The minimum atomic E-state index is -1.15. The molecule has 0 spiro atoms. The second-order valence-corrected chi connectivity index (χ2v) is 14.0. The van der Waals surface area contributed by atoms with Gasteiger partial charge < -0.3 is 37.2 Å². The molecule has 0 saturated carbocycles. The van der Waals surface area contributed by atoms with Crippen LogP contribution < -0.4 is 32.3 Å². The maximum Gasteiger partial charge on any atom is 0.246 e. The van der Waals surface area contributed by atoms with Crippen LogP contribution in [-0.4, -0.2) is 99.1 Å². The summed E-state index contributed by atoms with van der Waals surface area (Å²) in [5, 5.41) is 22.7. The van der Waals surface area contributed by atoms with Crippen LogP contribution in [0.1, 0.15) is 56.5 Å². The number of amides is 6. The molecule has 1 unspecified atom stereocenters. The molecule has 7 N–H and O–H groups in total. The lowest BCUT2D eigenvalue weighted by Gasteiger charge is -2.32. The van der Waals surface area contributed by atoms with Crippen LogP contribution in [0.4, 0.5) is 5.69 Å². The topological polar surface area (TPSA) is 223 Å². The first-order valence-corrected chi connectivity index (χ1v) is 17.8. The molecule has 1 aromatic heterocycles. The molecule has 3 aliphatic rings. The average Bonchev–Trinajstić information content (AvgIpc) is 3.80. The Morgan fingerprint density at radius 2 is 1.68 bits per heavy atom. The van der Waals surface area contributed by atoms with E-state index in [2.05, 4.69) is 36.9 Å². The molecule has 6 rings (SSSR count). The van der Waals surface area contributed by atoms with Gasteiger partial charge in [0, 0.05) is 50.5 Å². The van der Waals surface area contributed by atoms with Crippen LogP contribution >= 0.6 is 0 Å². The van der Waals surface area contributed by atoms with Gasteiger partial charge >= 0.3 is 0 Å². The molecular weight excluding hydrogens is 680 g/mol. The summed E-state index contributed by atoms with van der Waals surface area (Å²) in [4.78, 5) is 82.4. The molecule has 6 amide bonds. The quantitative estimate of drug-likeness (QED) is 0.183. The van der Waals surface area contributed by atoms with Gasteiger partial charge in [-0.3, -0.25) is 28.8 Å². The van der Waals surface area contributed by atoms with Gasteiger partial charge in [0.1, 0.15) is 24.2 Å². The molecule has 6 bridgehead atoms. The summed E-state index contributed by atoms with van der Waals surface area (Å²) in [6.07, 6.45) is 2.40. The minimum Gasteiger partial charge on any atom is -0.368 e. The molecular formula is C37H48N10O6. The van der Waals surface area contributed by atoms with Crippen molar-refractivity contribution < 1.29 is 28.8 Å². The van der Waals surface area contributed by atoms with Crippen LogP contribution in [0.2, 0.25) is 0 Å². The van der Waals surface area contributed by atoms with Crippen LogP contribution in [0.5, 0.6) is 0 Å². The van der Waals surface area contributed by atoms with E-state index in [-0.39, 0.29) is 50.0 Å². The minimum absolute atomic E-state index is 0.0653. The van der Waals surface area contributed by atoms with Gasteiger partial charge in [0.2, 0.25) is 35.4 Å². The zero-order valence-corrected chi connectivity index (χ0v) is 30.4. The molecule has 3 aromatic rings. The summed E-state index contributed by atoms with van der Waals surface area (Å²) in [5.74, 6) is -3.41. The van der Waals surface area contributed by atoms with Gasteiger partial charge in [-0.15, -0.1) is 5.10 Å². The predicted molar refractivity (Wildman–Crippen MR) is 195 cm³/mol. The summed E-state index contributed by atoms with van der Waals surface area (Å²) in [7, 11) is 1.64. The zero-order valence-electron chi connectivity index (χ0n) is 30.4. The number of aryl methyl sites for hydroxylation is 1. The van der Waals surface area contributed by atoms with Gasteiger partial charge in [0.15, 0.2) is 0 Å². The first-order chi connectivity index (χ1) is 25.3. The second kappa shape index (κ2) is 17.3. The molecule has 4 heterocycles. The Balaban J connectivity index is 1.51. The van der Waals surface area contributed by atoms with E-state index in [1.807, 2.05) is 30.3 Å². The van der Waals surface area contributed by atoms with E-state index in [1.165, 1.54) is 4.90 Å². The monoisotopic (exact) mass is 728 g/mol. The highest BCUT2D eigenvalue weighted by Crippen LogP contribution is 2.29. The fraction of sp³-hybridized carbons (Fsp3) is 0.459. The van der Waals surface area contributed by atoms with Gasteiger partial charge in [-0.1, -0.05) is 61.5 Å². The van der Waals surface area contributed by atoms with Crippen molar-refractivity contribution in [2.45, 2.75) is 89.1 Å². The molecule has 2 aromatic carbocycles. The van der Waals surface area contributed by atoms with Crippen molar-refractivity contribution in [3.63, 3.8) is 0 Å². The number of nitrogens with two attached hydrogens (primary N) is 1. The predicted octanol–water partition coefficient (Wildman–Crippen LogP) is -0.00620. The number of likely N-dealkylation sites (N-methyl/N-ethyl adjacent to an activating group) is 1. The lowest BCUT2D eigenvalue weighted by atomic mass is 10.0. The van der Waals surface area contributed by atoms with Crippen molar-refractivity contribution in [2.75, 3.05) is 18.9 Å². The van der Waals surface area contributed by atoms with Crippen molar-refractivity contribution in [1.29, 1.82) is 0 Å². The Hall–Kier alpha value is -5.64. The van der Waals surface area contributed by atoms with Gasteiger partial charge in [-0.2, -0.15) is 0 Å². The summed E-state index contributed by atoms with van der Waals surface area (Å²) < 4.78 is 1.58. The Labute approximate surface area is 308 Å². The summed E-state index contributed by atoms with van der Waals surface area (Å²) in [5.41, 5.74) is 8.28. The van der Waals surface area contributed by atoms with Crippen molar-refractivity contribution >= 4 is 41.1 Å². The highest BCUT2D eigenvalue weighted by atomic mass is 16.2. The number of nitrogens with zero attached hydrogens (tertiary/aromatic N) is 4. The van der Waals surface area contributed by atoms with Crippen molar-refractivity contribution in [1.82, 2.24) is 41.2 Å². The Kier molecular flexibility index (Phi) is 12.6. The number of rotatable bonds is 8. The van der Waals surface area contributed by atoms with E-state index >= 15 is 0 Å². The van der Waals surface area contributed by atoms with Crippen LogP contribution in [0.3, 0.4) is 0 Å². The fourth-order valence-corrected chi connectivity index (χ4v) is 6.45. The Bertz CT molecular complexity index is 1800. The number of carbonyl (C=O) groups is 6. The van der Waals surface area contributed by atoms with Crippen LogP contribution in [0.15, 0.2) is 60.8 Å². The number of anilines is 1. The standard InChI is InChI=1S/C37H48N10O6/c1-21(2)32(43-34(50)22(3)39-4)37(53)46-20-27-18-30(46)36(52)42-29(17-23-8-6-5-7-9-23)35(51)41-28(33(38)49)16-24-10-12-25(13-11-24)40-31(48)15-14-26-19-47(27)45-44-26/h5-13,19,21-22,27-30,32,39H,14-18,20H2,1-4H3,(H2,38,49)(H,40,48)(H,41,51)(H,42,52)(H,43,50)/t22-,27-,28?,29-,30-,32-/m0/s1. The molecule has 6 atom stereocenters. The number of hydrogen-bond donors (Lipinski definition) is 6. The van der Waals surface area contributed by atoms with Crippen LogP contribution in [0.25, 0.3) is 0 Å². The number of likely N-dealkylation sites (tertiary alicyclic amines) is 1. The van der Waals surface area contributed by atoms with Crippen LogP contribution in [0, 0.1) is 5.92 Å². The smallest absolute Gasteiger partial charge is 0.246 e. The summed E-state index contributed by atoms with van der Waals surface area (Å²) in [6.45, 7) is 5.35. The number of benzene rings is 2. The zero-order chi connectivity index (χ0) is 38.2. The van der Waals surface area contributed by atoms with Crippen LogP contribution in [-0.2, 0) is 48.0 Å².